The molecule has 0 saturated carbocycles. The molecule has 0 radical (unpaired) electrons. The fraction of sp³-hybridized carbons (Fsp3) is 0.833. The van der Waals surface area contributed by atoms with Crippen LogP contribution in [-0.4, -0.2) is 11.2 Å². The van der Waals surface area contributed by atoms with Crippen molar-refractivity contribution in [2.45, 2.75) is 58.5 Å². The first-order chi connectivity index (χ1) is 6.22. The van der Waals surface area contributed by atoms with Crippen LogP contribution in [-0.2, 0) is 0 Å². The van der Waals surface area contributed by atoms with E-state index in [4.69, 9.17) is 0 Å². The van der Waals surface area contributed by atoms with Gasteiger partial charge >= 0.3 is 0 Å². The summed E-state index contributed by atoms with van der Waals surface area (Å²) in [6.45, 7) is 4.48. The highest BCUT2D eigenvalue weighted by Crippen LogP contribution is 2.41. The summed E-state index contributed by atoms with van der Waals surface area (Å²) in [5, 5.41) is 9.61. The maximum Gasteiger partial charge on any atom is 0.0726 e. The maximum absolute atomic E-state index is 9.61. The average molecular weight is 182 g/mol. The first-order valence-corrected chi connectivity index (χ1v) is 5.57. The Morgan fingerprint density at radius 2 is 1.92 bits per heavy atom. The Morgan fingerprint density at radius 3 is 2.38 bits per heavy atom. The van der Waals surface area contributed by atoms with Gasteiger partial charge in [-0.25, -0.2) is 0 Å². The number of hydrogen-bond donors (Lipinski definition) is 1. The Hall–Kier alpha value is -0.300. The Labute approximate surface area is 81.9 Å². The van der Waals surface area contributed by atoms with Crippen LogP contribution in [0.3, 0.4) is 0 Å². The predicted molar refractivity (Wildman–Crippen MR) is 56.6 cm³/mol. The fourth-order valence-corrected chi connectivity index (χ4v) is 2.66. The zero-order valence-corrected chi connectivity index (χ0v) is 8.92. The molecule has 0 aromatic heterocycles. The summed E-state index contributed by atoms with van der Waals surface area (Å²) in [5.41, 5.74) is 0.414. The average Bonchev–Trinajstić information content (AvgIpc) is 2.04. The van der Waals surface area contributed by atoms with Gasteiger partial charge < -0.3 is 5.11 Å². The van der Waals surface area contributed by atoms with Gasteiger partial charge in [-0.15, -0.1) is 0 Å². The van der Waals surface area contributed by atoms with Crippen molar-refractivity contribution in [3.8, 4) is 0 Å². The minimum atomic E-state index is -0.188. The molecule has 1 rings (SSSR count). The second-order valence-corrected chi connectivity index (χ2v) is 4.40. The molecule has 13 heavy (non-hydrogen) atoms. The van der Waals surface area contributed by atoms with Gasteiger partial charge in [-0.2, -0.15) is 0 Å². The number of rotatable bonds is 4. The van der Waals surface area contributed by atoms with E-state index in [9.17, 15) is 5.11 Å². The number of allylic oxidation sites excluding steroid dienone is 1. The summed E-state index contributed by atoms with van der Waals surface area (Å²) < 4.78 is 0. The molecule has 76 valence electrons. The van der Waals surface area contributed by atoms with Gasteiger partial charge in [0.1, 0.15) is 0 Å². The zero-order valence-electron chi connectivity index (χ0n) is 8.92. The molecule has 1 N–H and O–H groups in total. The van der Waals surface area contributed by atoms with Gasteiger partial charge in [0, 0.05) is 0 Å². The van der Waals surface area contributed by atoms with Crippen molar-refractivity contribution in [3.63, 3.8) is 0 Å². The summed E-state index contributed by atoms with van der Waals surface area (Å²) in [5.74, 6) is 0. The first kappa shape index (κ1) is 10.8. The Morgan fingerprint density at radius 1 is 1.31 bits per heavy atom. The highest BCUT2D eigenvalue weighted by Gasteiger charge is 2.31. The molecule has 1 aliphatic rings. The number of aliphatic hydroxyl groups is 1. The summed E-state index contributed by atoms with van der Waals surface area (Å²) in [7, 11) is 0. The van der Waals surface area contributed by atoms with E-state index >= 15 is 0 Å². The fourth-order valence-electron chi connectivity index (χ4n) is 2.66. The van der Waals surface area contributed by atoms with Gasteiger partial charge in [-0.05, 0) is 31.1 Å². The van der Waals surface area contributed by atoms with Gasteiger partial charge in [0.25, 0.3) is 0 Å². The second kappa shape index (κ2) is 4.80. The summed E-state index contributed by atoms with van der Waals surface area (Å²) in [6.07, 6.45) is 11.1. The van der Waals surface area contributed by atoms with Gasteiger partial charge in [0.05, 0.1) is 6.10 Å². The molecule has 0 bridgehead atoms. The smallest absolute Gasteiger partial charge is 0.0726 e. The lowest BCUT2D eigenvalue weighted by atomic mass is 9.70. The van der Waals surface area contributed by atoms with E-state index in [1.165, 1.54) is 32.1 Å². The van der Waals surface area contributed by atoms with Crippen LogP contribution >= 0.6 is 0 Å². The Balaban J connectivity index is 2.61. The third-order valence-electron chi connectivity index (χ3n) is 3.11. The van der Waals surface area contributed by atoms with Crippen LogP contribution in [0.2, 0.25) is 0 Å². The predicted octanol–water partition coefficient (Wildman–Crippen LogP) is 3.28. The largest absolute Gasteiger partial charge is 0.389 e. The molecule has 0 aromatic carbocycles. The molecular weight excluding hydrogens is 160 g/mol. The van der Waals surface area contributed by atoms with Crippen molar-refractivity contribution in [1.29, 1.82) is 0 Å². The van der Waals surface area contributed by atoms with Crippen LogP contribution in [0.1, 0.15) is 52.4 Å². The lowest BCUT2D eigenvalue weighted by Crippen LogP contribution is -2.28. The van der Waals surface area contributed by atoms with Crippen molar-refractivity contribution in [2.24, 2.45) is 5.41 Å². The van der Waals surface area contributed by atoms with E-state index in [1.54, 1.807) is 0 Å². The zero-order chi connectivity index (χ0) is 9.73. The summed E-state index contributed by atoms with van der Waals surface area (Å²) in [6, 6.07) is 0. The van der Waals surface area contributed by atoms with E-state index in [2.05, 4.69) is 19.9 Å². The number of hydrogen-bond acceptors (Lipinski definition) is 1. The van der Waals surface area contributed by atoms with Gasteiger partial charge in [-0.3, -0.25) is 0 Å². The molecular formula is C12H22O. The minimum absolute atomic E-state index is 0.188. The molecule has 0 aromatic rings. The summed E-state index contributed by atoms with van der Waals surface area (Å²) >= 11 is 0. The van der Waals surface area contributed by atoms with E-state index in [1.807, 2.05) is 6.08 Å². The molecule has 0 heterocycles. The molecule has 1 aliphatic carbocycles. The Kier molecular flexibility index (Phi) is 3.98. The third-order valence-corrected chi connectivity index (χ3v) is 3.11. The SMILES string of the molecule is CCCC1(CCC)CC=CC(O)C1. The quantitative estimate of drug-likeness (QED) is 0.661. The first-order valence-electron chi connectivity index (χ1n) is 5.57. The molecule has 0 spiro atoms. The van der Waals surface area contributed by atoms with Crippen molar-refractivity contribution < 1.29 is 5.11 Å². The van der Waals surface area contributed by atoms with E-state index in [0.717, 1.165) is 6.42 Å². The second-order valence-electron chi connectivity index (χ2n) is 4.40. The molecule has 0 amide bonds. The van der Waals surface area contributed by atoms with Crippen molar-refractivity contribution >= 4 is 0 Å². The van der Waals surface area contributed by atoms with Crippen LogP contribution in [0.15, 0.2) is 12.2 Å². The molecule has 0 saturated heterocycles. The van der Waals surface area contributed by atoms with Crippen molar-refractivity contribution in [2.75, 3.05) is 0 Å². The monoisotopic (exact) mass is 182 g/mol. The molecule has 1 heteroatoms. The van der Waals surface area contributed by atoms with E-state index in [0.29, 0.717) is 5.41 Å². The lowest BCUT2D eigenvalue weighted by Gasteiger charge is -2.36. The number of aliphatic hydroxyl groups excluding tert-OH is 1. The highest BCUT2D eigenvalue weighted by atomic mass is 16.3. The van der Waals surface area contributed by atoms with Crippen molar-refractivity contribution in [1.82, 2.24) is 0 Å². The molecule has 0 aliphatic heterocycles. The van der Waals surface area contributed by atoms with Crippen LogP contribution in [0.25, 0.3) is 0 Å². The van der Waals surface area contributed by atoms with Gasteiger partial charge in [0.15, 0.2) is 0 Å². The van der Waals surface area contributed by atoms with Gasteiger partial charge in [0.2, 0.25) is 0 Å². The lowest BCUT2D eigenvalue weighted by molar-refractivity contribution is 0.103. The molecule has 1 atom stereocenters. The minimum Gasteiger partial charge on any atom is -0.389 e. The molecule has 0 fully saturated rings. The van der Waals surface area contributed by atoms with Crippen LogP contribution in [0.4, 0.5) is 0 Å². The van der Waals surface area contributed by atoms with E-state index in [-0.39, 0.29) is 6.10 Å². The highest BCUT2D eigenvalue weighted by molar-refractivity contribution is 5.02. The van der Waals surface area contributed by atoms with Crippen LogP contribution in [0, 0.1) is 5.41 Å². The third kappa shape index (κ3) is 2.84. The molecule has 1 nitrogen and oxygen atoms in total. The maximum atomic E-state index is 9.61. The normalized spacial score (nSPS) is 26.2. The topological polar surface area (TPSA) is 20.2 Å². The Bertz CT molecular complexity index is 166. The summed E-state index contributed by atoms with van der Waals surface area (Å²) in [4.78, 5) is 0. The van der Waals surface area contributed by atoms with Gasteiger partial charge in [-0.1, -0.05) is 38.8 Å². The standard InChI is InChI=1S/C12H22O/c1-3-7-12(8-4-2)9-5-6-11(13)10-12/h5-6,11,13H,3-4,7-10H2,1-2H3. The van der Waals surface area contributed by atoms with Crippen molar-refractivity contribution in [3.05, 3.63) is 12.2 Å². The molecule has 1 unspecified atom stereocenters. The van der Waals surface area contributed by atoms with Crippen LogP contribution in [0.5, 0.6) is 0 Å². The van der Waals surface area contributed by atoms with E-state index < -0.39 is 0 Å². The van der Waals surface area contributed by atoms with Crippen LogP contribution < -0.4 is 0 Å².